The standard InChI is InChI=1S/C12H16FNO2S/c1-8(7-17-2)6-14-11-4-3-9(13)5-10(11)12(15)16/h3-5,8,14H,6-7H2,1-2H3,(H,15,16). The second kappa shape index (κ2) is 6.49. The van der Waals surface area contributed by atoms with Gasteiger partial charge in [0.1, 0.15) is 5.82 Å². The second-order valence-corrected chi connectivity index (χ2v) is 4.85. The number of halogens is 1. The number of hydrogen-bond acceptors (Lipinski definition) is 3. The van der Waals surface area contributed by atoms with Crippen molar-refractivity contribution in [3.63, 3.8) is 0 Å². The maximum atomic E-state index is 12.9. The summed E-state index contributed by atoms with van der Waals surface area (Å²) >= 11 is 1.74. The van der Waals surface area contributed by atoms with E-state index in [1.165, 1.54) is 12.1 Å². The molecule has 1 atom stereocenters. The van der Waals surface area contributed by atoms with Gasteiger partial charge in [0, 0.05) is 12.2 Å². The summed E-state index contributed by atoms with van der Waals surface area (Å²) in [4.78, 5) is 10.9. The van der Waals surface area contributed by atoms with Crippen molar-refractivity contribution < 1.29 is 14.3 Å². The summed E-state index contributed by atoms with van der Waals surface area (Å²) in [5, 5.41) is 12.0. The molecule has 3 nitrogen and oxygen atoms in total. The summed E-state index contributed by atoms with van der Waals surface area (Å²) in [6.07, 6.45) is 2.02. The van der Waals surface area contributed by atoms with Crippen molar-refractivity contribution in [2.75, 3.05) is 23.9 Å². The first-order valence-electron chi connectivity index (χ1n) is 5.30. The molecule has 0 heterocycles. The van der Waals surface area contributed by atoms with E-state index in [-0.39, 0.29) is 5.56 Å². The lowest BCUT2D eigenvalue weighted by Crippen LogP contribution is -2.15. The molecule has 5 heteroatoms. The van der Waals surface area contributed by atoms with Crippen LogP contribution in [0.2, 0.25) is 0 Å². The number of anilines is 1. The molecule has 1 aromatic carbocycles. The number of nitrogens with one attached hydrogen (secondary N) is 1. The van der Waals surface area contributed by atoms with Crippen LogP contribution >= 0.6 is 11.8 Å². The zero-order chi connectivity index (χ0) is 12.8. The maximum Gasteiger partial charge on any atom is 0.337 e. The van der Waals surface area contributed by atoms with E-state index in [0.717, 1.165) is 11.8 Å². The number of carboxylic acids is 1. The Morgan fingerprint density at radius 1 is 1.59 bits per heavy atom. The van der Waals surface area contributed by atoms with Gasteiger partial charge in [-0.05, 0) is 36.1 Å². The molecule has 0 bridgehead atoms. The fourth-order valence-corrected chi connectivity index (χ4v) is 2.16. The molecule has 2 N–H and O–H groups in total. The van der Waals surface area contributed by atoms with E-state index in [0.29, 0.717) is 18.2 Å². The molecular weight excluding hydrogens is 241 g/mol. The molecule has 17 heavy (non-hydrogen) atoms. The summed E-state index contributed by atoms with van der Waals surface area (Å²) in [5.74, 6) is -0.234. The summed E-state index contributed by atoms with van der Waals surface area (Å²) in [6.45, 7) is 2.75. The van der Waals surface area contributed by atoms with Gasteiger partial charge in [-0.1, -0.05) is 6.92 Å². The second-order valence-electron chi connectivity index (χ2n) is 3.94. The Morgan fingerprint density at radius 3 is 2.88 bits per heavy atom. The highest BCUT2D eigenvalue weighted by Crippen LogP contribution is 2.18. The quantitative estimate of drug-likeness (QED) is 0.822. The summed E-state index contributed by atoms with van der Waals surface area (Å²) in [6, 6.07) is 3.75. The molecule has 0 aliphatic rings. The average molecular weight is 257 g/mol. The number of rotatable bonds is 6. The van der Waals surface area contributed by atoms with Crippen LogP contribution in [0.5, 0.6) is 0 Å². The lowest BCUT2D eigenvalue weighted by Gasteiger charge is -2.14. The normalized spacial score (nSPS) is 12.2. The average Bonchev–Trinajstić information content (AvgIpc) is 2.27. The molecule has 1 unspecified atom stereocenters. The molecule has 0 spiro atoms. The Labute approximate surface area is 104 Å². The number of hydrogen-bond donors (Lipinski definition) is 2. The molecule has 0 saturated carbocycles. The smallest absolute Gasteiger partial charge is 0.337 e. The van der Waals surface area contributed by atoms with Gasteiger partial charge in [-0.2, -0.15) is 11.8 Å². The number of carbonyl (C=O) groups is 1. The summed E-state index contributed by atoms with van der Waals surface area (Å²) in [7, 11) is 0. The van der Waals surface area contributed by atoms with E-state index in [1.807, 2.05) is 6.26 Å². The first-order valence-corrected chi connectivity index (χ1v) is 6.69. The van der Waals surface area contributed by atoms with Crippen LogP contribution in [-0.4, -0.2) is 29.6 Å². The van der Waals surface area contributed by atoms with Gasteiger partial charge in [-0.15, -0.1) is 0 Å². The van der Waals surface area contributed by atoms with Gasteiger partial charge in [0.05, 0.1) is 5.56 Å². The predicted molar refractivity (Wildman–Crippen MR) is 69.4 cm³/mol. The van der Waals surface area contributed by atoms with Crippen LogP contribution in [0.3, 0.4) is 0 Å². The summed E-state index contributed by atoms with van der Waals surface area (Å²) in [5.41, 5.74) is 0.438. The summed E-state index contributed by atoms with van der Waals surface area (Å²) < 4.78 is 12.9. The Kier molecular flexibility index (Phi) is 5.28. The van der Waals surface area contributed by atoms with E-state index in [9.17, 15) is 9.18 Å². The lowest BCUT2D eigenvalue weighted by atomic mass is 10.1. The molecule has 0 aromatic heterocycles. The SMILES string of the molecule is CSCC(C)CNc1ccc(F)cc1C(=O)O. The number of carboxylic acid groups (broad SMARTS) is 1. The Balaban J connectivity index is 2.73. The third kappa shape index (κ3) is 4.26. The van der Waals surface area contributed by atoms with E-state index in [4.69, 9.17) is 5.11 Å². The first kappa shape index (κ1) is 13.8. The molecule has 0 aliphatic carbocycles. The number of aromatic carboxylic acids is 1. The van der Waals surface area contributed by atoms with E-state index < -0.39 is 11.8 Å². The molecule has 1 aromatic rings. The van der Waals surface area contributed by atoms with Gasteiger partial charge in [-0.25, -0.2) is 9.18 Å². The van der Waals surface area contributed by atoms with Gasteiger partial charge in [0.2, 0.25) is 0 Å². The third-order valence-electron chi connectivity index (χ3n) is 2.30. The zero-order valence-corrected chi connectivity index (χ0v) is 10.7. The fraction of sp³-hybridized carbons (Fsp3) is 0.417. The van der Waals surface area contributed by atoms with Crippen molar-refractivity contribution in [3.8, 4) is 0 Å². The minimum Gasteiger partial charge on any atom is -0.478 e. The monoisotopic (exact) mass is 257 g/mol. The van der Waals surface area contributed by atoms with E-state index >= 15 is 0 Å². The lowest BCUT2D eigenvalue weighted by molar-refractivity contribution is 0.0697. The van der Waals surface area contributed by atoms with Crippen LogP contribution in [0, 0.1) is 11.7 Å². The van der Waals surface area contributed by atoms with Gasteiger partial charge in [0.15, 0.2) is 0 Å². The van der Waals surface area contributed by atoms with Crippen LogP contribution in [0.25, 0.3) is 0 Å². The van der Waals surface area contributed by atoms with Crippen molar-refractivity contribution in [1.82, 2.24) is 0 Å². The van der Waals surface area contributed by atoms with Gasteiger partial charge >= 0.3 is 5.97 Å². The number of thioether (sulfide) groups is 1. The van der Waals surface area contributed by atoms with Crippen LogP contribution in [-0.2, 0) is 0 Å². The highest BCUT2D eigenvalue weighted by Gasteiger charge is 2.11. The van der Waals surface area contributed by atoms with Crippen molar-refractivity contribution >= 4 is 23.4 Å². The molecule has 94 valence electrons. The molecule has 0 fully saturated rings. The van der Waals surface area contributed by atoms with Crippen molar-refractivity contribution in [3.05, 3.63) is 29.6 Å². The van der Waals surface area contributed by atoms with Crippen molar-refractivity contribution in [2.45, 2.75) is 6.92 Å². The minimum absolute atomic E-state index is 0.0265. The fourth-order valence-electron chi connectivity index (χ4n) is 1.48. The van der Waals surface area contributed by atoms with Gasteiger partial charge in [-0.3, -0.25) is 0 Å². The molecule has 0 radical (unpaired) electrons. The van der Waals surface area contributed by atoms with Crippen LogP contribution in [0.4, 0.5) is 10.1 Å². The zero-order valence-electron chi connectivity index (χ0n) is 9.87. The molecule has 1 rings (SSSR count). The Hall–Kier alpha value is -1.23. The highest BCUT2D eigenvalue weighted by molar-refractivity contribution is 7.98. The van der Waals surface area contributed by atoms with Crippen molar-refractivity contribution in [1.29, 1.82) is 0 Å². The van der Waals surface area contributed by atoms with Crippen LogP contribution < -0.4 is 5.32 Å². The Bertz CT molecular complexity index is 398. The van der Waals surface area contributed by atoms with Crippen LogP contribution in [0.1, 0.15) is 17.3 Å². The largest absolute Gasteiger partial charge is 0.478 e. The molecule has 0 amide bonds. The van der Waals surface area contributed by atoms with Gasteiger partial charge < -0.3 is 10.4 Å². The molecule has 0 saturated heterocycles. The molecule has 0 aliphatic heterocycles. The third-order valence-corrected chi connectivity index (χ3v) is 3.21. The predicted octanol–water partition coefficient (Wildman–Crippen LogP) is 2.93. The van der Waals surface area contributed by atoms with Crippen LogP contribution in [0.15, 0.2) is 18.2 Å². The topological polar surface area (TPSA) is 49.3 Å². The van der Waals surface area contributed by atoms with E-state index in [1.54, 1.807) is 11.8 Å². The van der Waals surface area contributed by atoms with Gasteiger partial charge in [0.25, 0.3) is 0 Å². The maximum absolute atomic E-state index is 12.9. The minimum atomic E-state index is -1.12. The highest BCUT2D eigenvalue weighted by atomic mass is 32.2. The van der Waals surface area contributed by atoms with E-state index in [2.05, 4.69) is 12.2 Å². The number of benzene rings is 1. The first-order chi connectivity index (χ1) is 8.04. The molecular formula is C12H16FNO2S. The van der Waals surface area contributed by atoms with Crippen molar-refractivity contribution in [2.24, 2.45) is 5.92 Å². The Morgan fingerprint density at radius 2 is 2.29 bits per heavy atom.